The van der Waals surface area contributed by atoms with E-state index in [9.17, 15) is 4.79 Å². The average Bonchev–Trinajstić information content (AvgIpc) is 2.44. The van der Waals surface area contributed by atoms with E-state index in [4.69, 9.17) is 0 Å². The van der Waals surface area contributed by atoms with Crippen molar-refractivity contribution < 1.29 is 4.79 Å². The molecule has 0 bridgehead atoms. The van der Waals surface area contributed by atoms with Gasteiger partial charge in [0.05, 0.1) is 11.1 Å². The molecule has 94 valence electrons. The second kappa shape index (κ2) is 5.17. The van der Waals surface area contributed by atoms with Gasteiger partial charge in [-0.2, -0.15) is 0 Å². The Morgan fingerprint density at radius 2 is 2.11 bits per heavy atom. The van der Waals surface area contributed by atoms with Gasteiger partial charge in [0.15, 0.2) is 6.29 Å². The number of fused-ring (bicyclic) bond motifs is 1. The highest BCUT2D eigenvalue weighted by atomic mass is 16.1. The van der Waals surface area contributed by atoms with E-state index in [1.165, 1.54) is 0 Å². The number of carbonyl (C=O) groups is 1. The zero-order valence-electron chi connectivity index (χ0n) is 11.1. The van der Waals surface area contributed by atoms with Crippen LogP contribution in [0.5, 0.6) is 0 Å². The second-order valence-electron chi connectivity index (χ2n) is 4.58. The van der Waals surface area contributed by atoms with Gasteiger partial charge in [-0.05, 0) is 25.5 Å². The van der Waals surface area contributed by atoms with Crippen molar-refractivity contribution in [2.75, 3.05) is 11.9 Å². The van der Waals surface area contributed by atoms with Crippen LogP contribution in [0.1, 0.15) is 30.6 Å². The van der Waals surface area contributed by atoms with E-state index in [-0.39, 0.29) is 0 Å². The third-order valence-corrected chi connectivity index (χ3v) is 3.45. The van der Waals surface area contributed by atoms with Gasteiger partial charge in [0.1, 0.15) is 5.82 Å². The number of aldehydes is 1. The SMILES string of the molecule is CCC(C)N(C)c1nc2ccccc2cc1C=O. The van der Waals surface area contributed by atoms with Gasteiger partial charge in [-0.15, -0.1) is 0 Å². The summed E-state index contributed by atoms with van der Waals surface area (Å²) in [6, 6.07) is 10.1. The Morgan fingerprint density at radius 3 is 2.78 bits per heavy atom. The summed E-state index contributed by atoms with van der Waals surface area (Å²) in [6.07, 6.45) is 1.90. The standard InChI is InChI=1S/C15H18N2O/c1-4-11(2)17(3)15-13(10-18)9-12-7-5-6-8-14(12)16-15/h5-11H,4H2,1-3H3. The Morgan fingerprint density at radius 1 is 1.39 bits per heavy atom. The zero-order chi connectivity index (χ0) is 13.1. The van der Waals surface area contributed by atoms with Crippen LogP contribution in [0.4, 0.5) is 5.82 Å². The van der Waals surface area contributed by atoms with Crippen LogP contribution in [0.15, 0.2) is 30.3 Å². The van der Waals surface area contributed by atoms with Crippen LogP contribution >= 0.6 is 0 Å². The fraction of sp³-hybridized carbons (Fsp3) is 0.333. The second-order valence-corrected chi connectivity index (χ2v) is 4.58. The summed E-state index contributed by atoms with van der Waals surface area (Å²) in [6.45, 7) is 4.26. The van der Waals surface area contributed by atoms with Gasteiger partial charge >= 0.3 is 0 Å². The average molecular weight is 242 g/mol. The number of pyridine rings is 1. The van der Waals surface area contributed by atoms with E-state index in [0.29, 0.717) is 11.6 Å². The van der Waals surface area contributed by atoms with Gasteiger partial charge in [0.25, 0.3) is 0 Å². The third-order valence-electron chi connectivity index (χ3n) is 3.45. The van der Waals surface area contributed by atoms with Crippen molar-refractivity contribution in [3.05, 3.63) is 35.9 Å². The molecule has 2 rings (SSSR count). The largest absolute Gasteiger partial charge is 0.356 e. The number of anilines is 1. The lowest BCUT2D eigenvalue weighted by molar-refractivity contribution is 0.112. The minimum Gasteiger partial charge on any atom is -0.356 e. The maximum Gasteiger partial charge on any atom is 0.153 e. The molecule has 18 heavy (non-hydrogen) atoms. The molecule has 0 aliphatic heterocycles. The van der Waals surface area contributed by atoms with Gasteiger partial charge in [0, 0.05) is 18.5 Å². The topological polar surface area (TPSA) is 33.2 Å². The maximum atomic E-state index is 11.2. The van der Waals surface area contributed by atoms with Crippen LogP contribution in [-0.4, -0.2) is 24.4 Å². The van der Waals surface area contributed by atoms with Crippen molar-refractivity contribution in [2.24, 2.45) is 0 Å². The van der Waals surface area contributed by atoms with E-state index in [1.807, 2.05) is 37.4 Å². The van der Waals surface area contributed by atoms with Crippen LogP contribution in [0, 0.1) is 0 Å². The Balaban J connectivity index is 2.57. The fourth-order valence-corrected chi connectivity index (χ4v) is 1.97. The van der Waals surface area contributed by atoms with Crippen molar-refractivity contribution in [3.8, 4) is 0 Å². The number of carbonyl (C=O) groups excluding carboxylic acids is 1. The lowest BCUT2D eigenvalue weighted by atomic mass is 10.1. The van der Waals surface area contributed by atoms with Gasteiger partial charge in [-0.3, -0.25) is 4.79 Å². The molecule has 3 heteroatoms. The number of hydrogen-bond donors (Lipinski definition) is 0. The number of hydrogen-bond acceptors (Lipinski definition) is 3. The first-order chi connectivity index (χ1) is 8.67. The quantitative estimate of drug-likeness (QED) is 0.771. The van der Waals surface area contributed by atoms with Crippen LogP contribution in [0.25, 0.3) is 10.9 Å². The summed E-state index contributed by atoms with van der Waals surface area (Å²) in [4.78, 5) is 17.9. The highest BCUT2D eigenvalue weighted by molar-refractivity contribution is 5.91. The first-order valence-corrected chi connectivity index (χ1v) is 6.25. The number of rotatable bonds is 4. The van der Waals surface area contributed by atoms with Crippen LogP contribution < -0.4 is 4.90 Å². The van der Waals surface area contributed by atoms with Gasteiger partial charge in [-0.25, -0.2) is 4.98 Å². The van der Waals surface area contributed by atoms with E-state index >= 15 is 0 Å². The van der Waals surface area contributed by atoms with Crippen molar-refractivity contribution in [3.63, 3.8) is 0 Å². The first kappa shape index (κ1) is 12.6. The van der Waals surface area contributed by atoms with Gasteiger partial charge < -0.3 is 4.90 Å². The molecule has 0 saturated carbocycles. The molecule has 2 aromatic rings. The summed E-state index contributed by atoms with van der Waals surface area (Å²) in [7, 11) is 1.98. The van der Waals surface area contributed by atoms with Gasteiger partial charge in [0.2, 0.25) is 0 Å². The first-order valence-electron chi connectivity index (χ1n) is 6.25. The fourth-order valence-electron chi connectivity index (χ4n) is 1.97. The molecular weight excluding hydrogens is 224 g/mol. The predicted octanol–water partition coefficient (Wildman–Crippen LogP) is 3.28. The molecule has 1 unspecified atom stereocenters. The molecule has 1 atom stereocenters. The predicted molar refractivity (Wildman–Crippen MR) is 75.3 cm³/mol. The smallest absolute Gasteiger partial charge is 0.153 e. The summed E-state index contributed by atoms with van der Waals surface area (Å²) in [5.74, 6) is 0.762. The zero-order valence-corrected chi connectivity index (χ0v) is 11.1. The Hall–Kier alpha value is -1.90. The normalized spacial score (nSPS) is 12.4. The molecule has 1 aromatic heterocycles. The Labute approximate surface area is 107 Å². The lowest BCUT2D eigenvalue weighted by Gasteiger charge is -2.26. The molecule has 0 fully saturated rings. The number of nitrogens with zero attached hydrogens (tertiary/aromatic N) is 2. The molecule has 1 heterocycles. The van der Waals surface area contributed by atoms with E-state index in [1.54, 1.807) is 0 Å². The van der Waals surface area contributed by atoms with Crippen LogP contribution in [-0.2, 0) is 0 Å². The lowest BCUT2D eigenvalue weighted by Crippen LogP contribution is -2.29. The highest BCUT2D eigenvalue weighted by Crippen LogP contribution is 2.23. The monoisotopic (exact) mass is 242 g/mol. The summed E-state index contributed by atoms with van der Waals surface area (Å²) in [5, 5.41) is 1.00. The third kappa shape index (κ3) is 2.21. The van der Waals surface area contributed by atoms with E-state index < -0.39 is 0 Å². The van der Waals surface area contributed by atoms with E-state index in [2.05, 4.69) is 23.7 Å². The summed E-state index contributed by atoms with van der Waals surface area (Å²) in [5.41, 5.74) is 1.57. The molecule has 0 amide bonds. The van der Waals surface area contributed by atoms with Gasteiger partial charge in [-0.1, -0.05) is 25.1 Å². The molecule has 0 aliphatic rings. The minimum atomic E-state index is 0.359. The number of aromatic nitrogens is 1. The van der Waals surface area contributed by atoms with Crippen LogP contribution in [0.3, 0.4) is 0 Å². The summed E-state index contributed by atoms with van der Waals surface area (Å²) >= 11 is 0. The highest BCUT2D eigenvalue weighted by Gasteiger charge is 2.14. The van der Waals surface area contributed by atoms with Crippen molar-refractivity contribution in [1.82, 2.24) is 4.98 Å². The maximum absolute atomic E-state index is 11.2. The molecule has 1 aromatic carbocycles. The van der Waals surface area contributed by atoms with Crippen molar-refractivity contribution in [1.29, 1.82) is 0 Å². The van der Waals surface area contributed by atoms with Crippen LogP contribution in [0.2, 0.25) is 0 Å². The Bertz CT molecular complexity index is 565. The Kier molecular flexibility index (Phi) is 3.60. The van der Waals surface area contributed by atoms with Crippen molar-refractivity contribution >= 4 is 23.0 Å². The van der Waals surface area contributed by atoms with Crippen molar-refractivity contribution in [2.45, 2.75) is 26.3 Å². The molecule has 0 N–H and O–H groups in total. The molecule has 0 aliphatic carbocycles. The number of para-hydroxylation sites is 1. The molecular formula is C15H18N2O. The molecule has 0 saturated heterocycles. The number of benzene rings is 1. The molecule has 0 radical (unpaired) electrons. The minimum absolute atomic E-state index is 0.359. The van der Waals surface area contributed by atoms with E-state index in [0.717, 1.165) is 29.4 Å². The molecule has 0 spiro atoms. The molecule has 3 nitrogen and oxygen atoms in total. The summed E-state index contributed by atoms with van der Waals surface area (Å²) < 4.78 is 0.